The summed E-state index contributed by atoms with van der Waals surface area (Å²) < 4.78 is 10.4. The molecule has 8 N–H and O–H groups in total. The lowest BCUT2D eigenvalue weighted by atomic mass is 10.0. The average molecular weight is 469 g/mol. The number of aryl methyl sites for hydroxylation is 2. The number of hydrogen-bond acceptors (Lipinski definition) is 10. The van der Waals surface area contributed by atoms with Gasteiger partial charge in [-0.05, 0) is 44.0 Å². The molecule has 186 valence electrons. The van der Waals surface area contributed by atoms with Crippen LogP contribution in [0.1, 0.15) is 29.9 Å². The molecule has 0 radical (unpaired) electrons. The summed E-state index contributed by atoms with van der Waals surface area (Å²) in [6.45, 7) is 11.1. The molecule has 0 aliphatic carbocycles. The molecule has 3 atom stereocenters. The highest BCUT2D eigenvalue weighted by molar-refractivity contribution is 5.39. The molecular weight excluding hydrogens is 432 g/mol. The van der Waals surface area contributed by atoms with Crippen LogP contribution in [0.2, 0.25) is 0 Å². The first-order chi connectivity index (χ1) is 15.5. The second-order valence-corrected chi connectivity index (χ2v) is 6.80. The standard InChI is InChI=1S/C10H13NO5.C9H12O2.C2H7NO.C2H4/c1-13-7-4-2-3-5-8(7)14-6-10(12)9(11)15-16-10;1-6-4-3-5-7(2)8(6)9(10)11;1-2(3)4;1-2/h2-5,9,12H,6,11H2,1H3;3-5,9-11H,1-2H3;2,4H,3H2,1H3;1-2H2. The molecule has 0 bridgehead atoms. The van der Waals surface area contributed by atoms with Crippen molar-refractivity contribution >= 4 is 0 Å². The van der Waals surface area contributed by atoms with Gasteiger partial charge in [-0.2, -0.15) is 4.89 Å². The molecule has 1 heterocycles. The van der Waals surface area contributed by atoms with Crippen molar-refractivity contribution in [1.82, 2.24) is 0 Å². The van der Waals surface area contributed by atoms with E-state index in [9.17, 15) is 5.11 Å². The van der Waals surface area contributed by atoms with Crippen LogP contribution in [0.5, 0.6) is 11.5 Å². The number of rotatable bonds is 5. The molecule has 10 heteroatoms. The number of methoxy groups -OCH3 is 1. The van der Waals surface area contributed by atoms with Crippen LogP contribution in [0.15, 0.2) is 55.6 Å². The number of ether oxygens (including phenoxy) is 2. The second-order valence-electron chi connectivity index (χ2n) is 6.80. The van der Waals surface area contributed by atoms with Crippen molar-refractivity contribution in [3.63, 3.8) is 0 Å². The summed E-state index contributed by atoms with van der Waals surface area (Å²) in [5.41, 5.74) is 12.5. The fraction of sp³-hybridized carbons (Fsp3) is 0.391. The number of aliphatic hydroxyl groups excluding tert-OH is 2. The summed E-state index contributed by atoms with van der Waals surface area (Å²) in [5.74, 6) is -0.526. The van der Waals surface area contributed by atoms with Gasteiger partial charge in [-0.25, -0.2) is 4.89 Å². The molecule has 1 aliphatic heterocycles. The third kappa shape index (κ3) is 10.3. The molecule has 2 aromatic rings. The van der Waals surface area contributed by atoms with Gasteiger partial charge < -0.3 is 35.6 Å². The summed E-state index contributed by atoms with van der Waals surface area (Å²) in [5, 5.41) is 35.4. The van der Waals surface area contributed by atoms with Crippen LogP contribution in [-0.2, 0) is 9.78 Å². The molecule has 0 amide bonds. The molecule has 0 saturated carbocycles. The first kappa shape index (κ1) is 30.5. The van der Waals surface area contributed by atoms with Gasteiger partial charge in [-0.15, -0.1) is 13.2 Å². The molecule has 33 heavy (non-hydrogen) atoms. The molecule has 10 nitrogen and oxygen atoms in total. The Balaban J connectivity index is 0.000000523. The highest BCUT2D eigenvalue weighted by Crippen LogP contribution is 2.29. The number of nitrogens with two attached hydrogens (primary N) is 2. The topological polar surface area (TPSA) is 170 Å². The van der Waals surface area contributed by atoms with Crippen LogP contribution in [0.25, 0.3) is 0 Å². The van der Waals surface area contributed by atoms with Crippen LogP contribution < -0.4 is 20.9 Å². The first-order valence-electron chi connectivity index (χ1n) is 9.96. The van der Waals surface area contributed by atoms with Gasteiger partial charge in [0, 0.05) is 5.56 Å². The van der Waals surface area contributed by atoms with Gasteiger partial charge in [0.2, 0.25) is 6.23 Å². The molecule has 2 aromatic carbocycles. The Morgan fingerprint density at radius 1 is 1.03 bits per heavy atom. The quantitative estimate of drug-likeness (QED) is 0.214. The second kappa shape index (κ2) is 15.3. The fourth-order valence-electron chi connectivity index (χ4n) is 2.47. The Bertz CT molecular complexity index is 796. The van der Waals surface area contributed by atoms with E-state index in [1.165, 1.54) is 14.0 Å². The summed E-state index contributed by atoms with van der Waals surface area (Å²) in [6.07, 6.45) is -2.92. The van der Waals surface area contributed by atoms with E-state index in [1.54, 1.807) is 18.2 Å². The van der Waals surface area contributed by atoms with Gasteiger partial charge in [0.1, 0.15) is 6.61 Å². The summed E-state index contributed by atoms with van der Waals surface area (Å²) >= 11 is 0. The number of hydrogen-bond donors (Lipinski definition) is 6. The Morgan fingerprint density at radius 2 is 1.52 bits per heavy atom. The minimum absolute atomic E-state index is 0.130. The van der Waals surface area contributed by atoms with Crippen LogP contribution in [0, 0.1) is 13.8 Å². The normalized spacial score (nSPS) is 19.3. The maximum Gasteiger partial charge on any atom is 0.276 e. The minimum Gasteiger partial charge on any atom is -0.493 e. The van der Waals surface area contributed by atoms with E-state index in [-0.39, 0.29) is 6.61 Å². The number of aliphatic hydroxyl groups is 4. The summed E-state index contributed by atoms with van der Waals surface area (Å²) in [7, 11) is 1.53. The Hall–Kier alpha value is -2.54. The van der Waals surface area contributed by atoms with Crippen molar-refractivity contribution < 1.29 is 39.7 Å². The van der Waals surface area contributed by atoms with Crippen molar-refractivity contribution in [3.8, 4) is 11.5 Å². The zero-order chi connectivity index (χ0) is 25.6. The van der Waals surface area contributed by atoms with Gasteiger partial charge >= 0.3 is 0 Å². The third-order valence-electron chi connectivity index (χ3n) is 4.04. The van der Waals surface area contributed by atoms with E-state index in [0.717, 1.165) is 11.1 Å². The molecular formula is C23H36N2O8. The lowest BCUT2D eigenvalue weighted by molar-refractivity contribution is -0.567. The van der Waals surface area contributed by atoms with Crippen LogP contribution in [0.4, 0.5) is 0 Å². The van der Waals surface area contributed by atoms with Gasteiger partial charge in [0.15, 0.2) is 17.8 Å². The maximum atomic E-state index is 9.67. The van der Waals surface area contributed by atoms with Crippen molar-refractivity contribution in [3.05, 3.63) is 72.3 Å². The highest BCUT2D eigenvalue weighted by atomic mass is 17.3. The molecule has 0 spiro atoms. The van der Waals surface area contributed by atoms with Gasteiger partial charge in [-0.1, -0.05) is 30.3 Å². The van der Waals surface area contributed by atoms with E-state index < -0.39 is 24.5 Å². The van der Waals surface area contributed by atoms with Crippen molar-refractivity contribution in [2.75, 3.05) is 13.7 Å². The highest BCUT2D eigenvalue weighted by Gasteiger charge is 2.49. The predicted octanol–water partition coefficient (Wildman–Crippen LogP) is 1.38. The van der Waals surface area contributed by atoms with E-state index in [2.05, 4.69) is 28.7 Å². The van der Waals surface area contributed by atoms with E-state index in [0.29, 0.717) is 17.1 Å². The zero-order valence-corrected chi connectivity index (χ0v) is 19.5. The Labute approximate surface area is 194 Å². The average Bonchev–Trinajstić information content (AvgIpc) is 2.77. The largest absolute Gasteiger partial charge is 0.493 e. The number of para-hydroxylation sites is 2. The molecule has 1 fully saturated rings. The molecule has 3 unspecified atom stereocenters. The Kier molecular flexibility index (Phi) is 14.1. The van der Waals surface area contributed by atoms with Crippen LogP contribution >= 0.6 is 0 Å². The van der Waals surface area contributed by atoms with Gasteiger partial charge in [-0.3, -0.25) is 5.73 Å². The van der Waals surface area contributed by atoms with E-state index in [4.69, 9.17) is 30.5 Å². The van der Waals surface area contributed by atoms with E-state index in [1.807, 2.05) is 38.1 Å². The first-order valence-corrected chi connectivity index (χ1v) is 9.96. The minimum atomic E-state index is -1.60. The van der Waals surface area contributed by atoms with Crippen molar-refractivity contribution in [2.45, 2.75) is 45.3 Å². The van der Waals surface area contributed by atoms with Crippen LogP contribution in [0.3, 0.4) is 0 Å². The lowest BCUT2D eigenvalue weighted by Crippen LogP contribution is -2.64. The van der Waals surface area contributed by atoms with Crippen LogP contribution in [-0.4, -0.2) is 52.4 Å². The van der Waals surface area contributed by atoms with Crippen molar-refractivity contribution in [1.29, 1.82) is 0 Å². The summed E-state index contributed by atoms with van der Waals surface area (Å²) in [6, 6.07) is 12.7. The molecule has 0 aromatic heterocycles. The van der Waals surface area contributed by atoms with Gasteiger partial charge in [0.25, 0.3) is 5.79 Å². The monoisotopic (exact) mass is 468 g/mol. The SMILES string of the molecule is C=C.CC(N)O.COc1ccccc1OCC1(O)OOC1N.Cc1cccc(C)c1C(O)O. The lowest BCUT2D eigenvalue weighted by Gasteiger charge is -2.39. The molecule has 3 rings (SSSR count). The number of benzene rings is 2. The summed E-state index contributed by atoms with van der Waals surface area (Å²) in [4.78, 5) is 8.90. The van der Waals surface area contributed by atoms with E-state index >= 15 is 0 Å². The molecule has 1 saturated heterocycles. The van der Waals surface area contributed by atoms with Crippen molar-refractivity contribution in [2.24, 2.45) is 11.5 Å². The molecule has 1 aliphatic rings. The zero-order valence-electron chi connectivity index (χ0n) is 19.5. The third-order valence-corrected chi connectivity index (χ3v) is 4.04. The van der Waals surface area contributed by atoms with Gasteiger partial charge in [0.05, 0.1) is 13.3 Å². The predicted molar refractivity (Wildman–Crippen MR) is 124 cm³/mol. The smallest absolute Gasteiger partial charge is 0.276 e. The fourth-order valence-corrected chi connectivity index (χ4v) is 2.47. The maximum absolute atomic E-state index is 9.67. The Morgan fingerprint density at radius 3 is 1.85 bits per heavy atom.